The largest absolute Gasteiger partial charge is 0.494 e. The molecule has 1 heterocycles. The molecule has 3 aromatic carbocycles. The second-order valence-corrected chi connectivity index (χ2v) is 7.81. The van der Waals surface area contributed by atoms with E-state index in [-0.39, 0.29) is 29.0 Å². The first-order chi connectivity index (χ1) is 16.4. The topological polar surface area (TPSA) is 77.4 Å². The number of pyridine rings is 1. The van der Waals surface area contributed by atoms with Crippen LogP contribution >= 0.6 is 0 Å². The molecule has 0 fully saturated rings. The molecule has 0 radical (unpaired) electrons. The number of amides is 1. The molecule has 34 heavy (non-hydrogen) atoms. The van der Waals surface area contributed by atoms with Gasteiger partial charge in [-0.25, -0.2) is 4.39 Å². The van der Waals surface area contributed by atoms with Gasteiger partial charge < -0.3 is 14.6 Å². The summed E-state index contributed by atoms with van der Waals surface area (Å²) in [5.41, 5.74) is 1.66. The zero-order valence-electron chi connectivity index (χ0n) is 18.8. The van der Waals surface area contributed by atoms with Crippen molar-refractivity contribution in [1.29, 1.82) is 0 Å². The number of nitrogens with zero attached hydrogens (tertiary/aromatic N) is 1. The molecule has 6 nitrogen and oxygen atoms in total. The van der Waals surface area contributed by atoms with Crippen molar-refractivity contribution in [3.8, 4) is 5.75 Å². The van der Waals surface area contributed by atoms with E-state index in [1.807, 2.05) is 32.0 Å². The molecule has 0 saturated carbocycles. The molecule has 4 rings (SSSR count). The van der Waals surface area contributed by atoms with Gasteiger partial charge in [0.25, 0.3) is 0 Å². The molecule has 0 aliphatic rings. The van der Waals surface area contributed by atoms with Crippen LogP contribution in [0.1, 0.15) is 28.4 Å². The molecule has 1 N–H and O–H groups in total. The van der Waals surface area contributed by atoms with E-state index in [4.69, 9.17) is 4.74 Å². The molecule has 1 amide bonds. The lowest BCUT2D eigenvalue weighted by Crippen LogP contribution is -2.24. The summed E-state index contributed by atoms with van der Waals surface area (Å²) in [7, 11) is 0. The minimum absolute atomic E-state index is 0.114. The van der Waals surface area contributed by atoms with Crippen LogP contribution in [0.15, 0.2) is 77.7 Å². The van der Waals surface area contributed by atoms with Crippen LogP contribution in [0, 0.1) is 12.7 Å². The third kappa shape index (κ3) is 4.73. The fourth-order valence-corrected chi connectivity index (χ4v) is 3.74. The highest BCUT2D eigenvalue weighted by molar-refractivity contribution is 6.10. The Morgan fingerprint density at radius 3 is 2.47 bits per heavy atom. The number of carbonyl (C=O) groups is 2. The Morgan fingerprint density at radius 2 is 1.76 bits per heavy atom. The van der Waals surface area contributed by atoms with Gasteiger partial charge in [0.1, 0.15) is 18.1 Å². The highest BCUT2D eigenvalue weighted by atomic mass is 19.1. The zero-order valence-corrected chi connectivity index (χ0v) is 18.8. The first-order valence-electron chi connectivity index (χ1n) is 10.8. The maximum Gasteiger partial charge on any atom is 0.244 e. The summed E-state index contributed by atoms with van der Waals surface area (Å²) < 4.78 is 20.4. The highest BCUT2D eigenvalue weighted by Gasteiger charge is 2.19. The van der Waals surface area contributed by atoms with Gasteiger partial charge in [0.15, 0.2) is 5.78 Å². The monoisotopic (exact) mass is 458 g/mol. The quantitative estimate of drug-likeness (QED) is 0.407. The number of anilines is 1. The van der Waals surface area contributed by atoms with Crippen LogP contribution < -0.4 is 15.5 Å². The highest BCUT2D eigenvalue weighted by Crippen LogP contribution is 2.21. The van der Waals surface area contributed by atoms with Gasteiger partial charge >= 0.3 is 0 Å². The number of para-hydroxylation sites is 1. The number of hydrogen-bond acceptors (Lipinski definition) is 4. The normalized spacial score (nSPS) is 10.8. The average molecular weight is 458 g/mol. The van der Waals surface area contributed by atoms with Crippen LogP contribution in [0.5, 0.6) is 5.75 Å². The van der Waals surface area contributed by atoms with E-state index in [1.54, 1.807) is 28.8 Å². The molecule has 0 spiro atoms. The van der Waals surface area contributed by atoms with Gasteiger partial charge in [-0.3, -0.25) is 14.4 Å². The van der Waals surface area contributed by atoms with Crippen molar-refractivity contribution in [2.75, 3.05) is 11.9 Å². The summed E-state index contributed by atoms with van der Waals surface area (Å²) in [5.74, 6) is -0.869. The van der Waals surface area contributed by atoms with E-state index in [0.29, 0.717) is 23.6 Å². The molecule has 7 heteroatoms. The maximum atomic E-state index is 13.3. The van der Waals surface area contributed by atoms with E-state index in [1.165, 1.54) is 18.3 Å². The minimum Gasteiger partial charge on any atom is -0.494 e. The molecule has 0 saturated heterocycles. The lowest BCUT2D eigenvalue weighted by molar-refractivity contribution is -0.116. The molecule has 0 bridgehead atoms. The Hall–Kier alpha value is -4.26. The Balaban J connectivity index is 1.79. The molecule has 1 aromatic heterocycles. The molecule has 0 atom stereocenters. The van der Waals surface area contributed by atoms with Crippen LogP contribution in [0.4, 0.5) is 10.1 Å². The van der Waals surface area contributed by atoms with Gasteiger partial charge in [0, 0.05) is 17.4 Å². The standard InChI is InChI=1S/C27H23FN2O4/c1-3-34-20-12-13-24-21(14-20)27(33)22(26(32)18-8-10-19(28)11-9-18)15-30(24)16-25(31)29-23-7-5-4-6-17(23)2/h4-15H,3,16H2,1-2H3,(H,29,31). The second-order valence-electron chi connectivity index (χ2n) is 7.81. The van der Waals surface area contributed by atoms with Crippen molar-refractivity contribution in [3.05, 3.63) is 106 Å². The van der Waals surface area contributed by atoms with Crippen molar-refractivity contribution >= 4 is 28.3 Å². The Morgan fingerprint density at radius 1 is 1.03 bits per heavy atom. The van der Waals surface area contributed by atoms with Crippen molar-refractivity contribution < 1.29 is 18.7 Å². The first-order valence-corrected chi connectivity index (χ1v) is 10.8. The van der Waals surface area contributed by atoms with Crippen molar-refractivity contribution in [2.24, 2.45) is 0 Å². The number of rotatable bonds is 7. The predicted octanol–water partition coefficient (Wildman–Crippen LogP) is 4.72. The number of hydrogen-bond donors (Lipinski definition) is 1. The first kappa shape index (κ1) is 22.9. The van der Waals surface area contributed by atoms with E-state index in [9.17, 15) is 18.8 Å². The number of ether oxygens (including phenoxy) is 1. The minimum atomic E-state index is -0.554. The summed E-state index contributed by atoms with van der Waals surface area (Å²) in [6.07, 6.45) is 1.38. The van der Waals surface area contributed by atoms with E-state index >= 15 is 0 Å². The molecule has 4 aromatic rings. The summed E-state index contributed by atoms with van der Waals surface area (Å²) in [6.45, 7) is 4.00. The van der Waals surface area contributed by atoms with Crippen molar-refractivity contribution in [2.45, 2.75) is 20.4 Å². The fourth-order valence-electron chi connectivity index (χ4n) is 3.74. The van der Waals surface area contributed by atoms with Crippen LogP contribution in [-0.4, -0.2) is 22.9 Å². The smallest absolute Gasteiger partial charge is 0.244 e. The van der Waals surface area contributed by atoms with Crippen molar-refractivity contribution in [1.82, 2.24) is 4.57 Å². The number of aryl methyl sites for hydroxylation is 1. The Kier molecular flexibility index (Phi) is 6.54. The third-order valence-corrected chi connectivity index (χ3v) is 5.45. The number of carbonyl (C=O) groups excluding carboxylic acids is 2. The van der Waals surface area contributed by atoms with Crippen LogP contribution in [0.3, 0.4) is 0 Å². The predicted molar refractivity (Wildman–Crippen MR) is 129 cm³/mol. The van der Waals surface area contributed by atoms with E-state index < -0.39 is 17.0 Å². The lowest BCUT2D eigenvalue weighted by Gasteiger charge is -2.15. The van der Waals surface area contributed by atoms with Gasteiger partial charge in [-0.05, 0) is 67.9 Å². The fraction of sp³-hybridized carbons (Fsp3) is 0.148. The summed E-state index contributed by atoms with van der Waals surface area (Å²) >= 11 is 0. The number of fused-ring (bicyclic) bond motifs is 1. The molecule has 0 unspecified atom stereocenters. The van der Waals surface area contributed by atoms with Gasteiger partial charge in [0.05, 0.1) is 23.1 Å². The second kappa shape index (κ2) is 9.70. The Bertz CT molecular complexity index is 1440. The molecule has 0 aliphatic heterocycles. The van der Waals surface area contributed by atoms with Gasteiger partial charge in [-0.15, -0.1) is 0 Å². The number of nitrogens with one attached hydrogen (secondary N) is 1. The number of ketones is 1. The lowest BCUT2D eigenvalue weighted by atomic mass is 10.0. The maximum absolute atomic E-state index is 13.3. The number of halogens is 1. The molecule has 0 aliphatic carbocycles. The Labute approximate surface area is 195 Å². The van der Waals surface area contributed by atoms with E-state index in [0.717, 1.165) is 17.7 Å². The summed E-state index contributed by atoms with van der Waals surface area (Å²) in [5, 5.41) is 3.12. The number of aromatic nitrogens is 1. The van der Waals surface area contributed by atoms with Gasteiger partial charge in [0.2, 0.25) is 11.3 Å². The summed E-state index contributed by atoms with van der Waals surface area (Å²) in [4.78, 5) is 39.3. The van der Waals surface area contributed by atoms with Crippen molar-refractivity contribution in [3.63, 3.8) is 0 Å². The number of benzene rings is 3. The molecule has 172 valence electrons. The summed E-state index contributed by atoms with van der Waals surface area (Å²) in [6, 6.07) is 17.3. The van der Waals surface area contributed by atoms with Crippen LogP contribution in [0.2, 0.25) is 0 Å². The molecular weight excluding hydrogens is 435 g/mol. The molecular formula is C27H23FN2O4. The van der Waals surface area contributed by atoms with Gasteiger partial charge in [-0.1, -0.05) is 18.2 Å². The average Bonchev–Trinajstić information content (AvgIpc) is 2.82. The SMILES string of the molecule is CCOc1ccc2c(c1)c(=O)c(C(=O)c1ccc(F)cc1)cn2CC(=O)Nc1ccccc1C. The van der Waals surface area contributed by atoms with Gasteiger partial charge in [-0.2, -0.15) is 0 Å². The van der Waals surface area contributed by atoms with Crippen LogP contribution in [-0.2, 0) is 11.3 Å². The third-order valence-electron chi connectivity index (χ3n) is 5.45. The zero-order chi connectivity index (χ0) is 24.2. The van der Waals surface area contributed by atoms with E-state index in [2.05, 4.69) is 5.32 Å². The van der Waals surface area contributed by atoms with Crippen LogP contribution in [0.25, 0.3) is 10.9 Å².